The molecule has 0 radical (unpaired) electrons. The van der Waals surface area contributed by atoms with Gasteiger partial charge in [0.05, 0.1) is 4.90 Å². The Morgan fingerprint density at radius 3 is 2.44 bits per heavy atom. The molecule has 1 saturated heterocycles. The van der Waals surface area contributed by atoms with Gasteiger partial charge in [-0.15, -0.1) is 0 Å². The van der Waals surface area contributed by atoms with Crippen LogP contribution in [-0.4, -0.2) is 31.7 Å². The summed E-state index contributed by atoms with van der Waals surface area (Å²) in [5.74, 6) is 0.179. The molecule has 5 nitrogen and oxygen atoms in total. The zero-order valence-corrected chi connectivity index (χ0v) is 16.8. The molecule has 0 unspecified atom stereocenters. The minimum Gasteiger partial charge on any atom is -0.322 e. The van der Waals surface area contributed by atoms with E-state index in [2.05, 4.69) is 12.2 Å². The van der Waals surface area contributed by atoms with E-state index in [1.54, 1.807) is 34.6 Å². The Bertz CT molecular complexity index is 936. The number of benzene rings is 2. The second-order valence-corrected chi connectivity index (χ2v) is 9.35. The van der Waals surface area contributed by atoms with Crippen molar-refractivity contribution in [2.75, 3.05) is 18.4 Å². The number of amides is 1. The van der Waals surface area contributed by atoms with Crippen LogP contribution in [0.15, 0.2) is 47.4 Å². The highest BCUT2D eigenvalue weighted by atomic mass is 32.2. The van der Waals surface area contributed by atoms with Gasteiger partial charge in [-0.1, -0.05) is 24.6 Å². The second-order valence-electron chi connectivity index (χ2n) is 7.41. The zero-order valence-electron chi connectivity index (χ0n) is 16.0. The van der Waals surface area contributed by atoms with Crippen LogP contribution in [0, 0.1) is 19.8 Å². The maximum Gasteiger partial charge on any atom is 0.255 e. The van der Waals surface area contributed by atoms with Gasteiger partial charge in [-0.25, -0.2) is 8.42 Å². The standard InChI is InChI=1S/C21H26N2O3S/c1-15-6-11-20(17(3)13-15)21(24)22-18-7-9-19(10-8-18)27(25,26)23-12-4-5-16(2)14-23/h6-11,13,16H,4-5,12,14H2,1-3H3,(H,22,24)/t16-/m1/s1. The molecular weight excluding hydrogens is 360 g/mol. The van der Waals surface area contributed by atoms with Crippen molar-refractivity contribution in [3.8, 4) is 0 Å². The lowest BCUT2D eigenvalue weighted by Crippen LogP contribution is -2.39. The summed E-state index contributed by atoms with van der Waals surface area (Å²) in [4.78, 5) is 12.7. The summed E-state index contributed by atoms with van der Waals surface area (Å²) in [6.07, 6.45) is 1.96. The predicted molar refractivity (Wildman–Crippen MR) is 107 cm³/mol. The molecule has 1 atom stereocenters. The Kier molecular flexibility index (Phi) is 5.67. The maximum absolute atomic E-state index is 12.8. The van der Waals surface area contributed by atoms with E-state index in [-0.39, 0.29) is 10.8 Å². The third-order valence-corrected chi connectivity index (χ3v) is 6.88. The number of aryl methyl sites for hydroxylation is 2. The summed E-state index contributed by atoms with van der Waals surface area (Å²) in [6.45, 7) is 7.09. The van der Waals surface area contributed by atoms with E-state index >= 15 is 0 Å². The molecule has 1 aliphatic rings. The van der Waals surface area contributed by atoms with Crippen LogP contribution in [0.5, 0.6) is 0 Å². The molecule has 1 heterocycles. The molecular formula is C21H26N2O3S. The molecule has 1 amide bonds. The predicted octanol–water partition coefficient (Wildman–Crippen LogP) is 3.98. The molecule has 0 spiro atoms. The number of hydrogen-bond acceptors (Lipinski definition) is 3. The van der Waals surface area contributed by atoms with Crippen molar-refractivity contribution >= 4 is 21.6 Å². The monoisotopic (exact) mass is 386 g/mol. The number of piperidine rings is 1. The number of carbonyl (C=O) groups is 1. The van der Waals surface area contributed by atoms with Crippen LogP contribution in [0.2, 0.25) is 0 Å². The first-order valence-corrected chi connectivity index (χ1v) is 10.7. The Balaban J connectivity index is 1.74. The van der Waals surface area contributed by atoms with Crippen LogP contribution in [0.3, 0.4) is 0 Å². The topological polar surface area (TPSA) is 66.5 Å². The average Bonchev–Trinajstić information content (AvgIpc) is 2.62. The van der Waals surface area contributed by atoms with Gasteiger partial charge < -0.3 is 5.32 Å². The van der Waals surface area contributed by atoms with E-state index in [0.717, 1.165) is 24.0 Å². The number of hydrogen-bond donors (Lipinski definition) is 1. The summed E-state index contributed by atoms with van der Waals surface area (Å²) in [6, 6.07) is 12.1. The van der Waals surface area contributed by atoms with Crippen molar-refractivity contribution in [1.82, 2.24) is 4.31 Å². The fourth-order valence-corrected chi connectivity index (χ4v) is 5.09. The van der Waals surface area contributed by atoms with Crippen LogP contribution in [0.25, 0.3) is 0 Å². The van der Waals surface area contributed by atoms with Crippen LogP contribution in [0.4, 0.5) is 5.69 Å². The molecule has 2 aromatic rings. The highest BCUT2D eigenvalue weighted by Gasteiger charge is 2.28. The van der Waals surface area contributed by atoms with Gasteiger partial charge in [0.1, 0.15) is 0 Å². The highest BCUT2D eigenvalue weighted by molar-refractivity contribution is 7.89. The van der Waals surface area contributed by atoms with Crippen molar-refractivity contribution in [2.45, 2.75) is 38.5 Å². The molecule has 1 N–H and O–H groups in total. The van der Waals surface area contributed by atoms with Crippen LogP contribution in [0.1, 0.15) is 41.3 Å². The number of carbonyl (C=O) groups excluding carboxylic acids is 1. The summed E-state index contributed by atoms with van der Waals surface area (Å²) < 4.78 is 27.2. The normalized spacial score (nSPS) is 18.3. The molecule has 0 aliphatic carbocycles. The summed E-state index contributed by atoms with van der Waals surface area (Å²) >= 11 is 0. The molecule has 0 saturated carbocycles. The van der Waals surface area contributed by atoms with E-state index in [4.69, 9.17) is 0 Å². The minimum atomic E-state index is -3.48. The SMILES string of the molecule is Cc1ccc(C(=O)Nc2ccc(S(=O)(=O)N3CCC[C@@H](C)C3)cc2)c(C)c1. The van der Waals surface area contributed by atoms with Crippen LogP contribution in [-0.2, 0) is 10.0 Å². The van der Waals surface area contributed by atoms with Gasteiger partial charge in [0, 0.05) is 24.3 Å². The molecule has 3 rings (SSSR count). The van der Waals surface area contributed by atoms with Gasteiger partial charge in [-0.2, -0.15) is 4.31 Å². The van der Waals surface area contributed by atoms with E-state index in [1.807, 2.05) is 26.0 Å². The lowest BCUT2D eigenvalue weighted by Gasteiger charge is -2.30. The fourth-order valence-electron chi connectivity index (χ4n) is 3.49. The van der Waals surface area contributed by atoms with Crippen molar-refractivity contribution in [1.29, 1.82) is 0 Å². The first kappa shape index (κ1) is 19.6. The van der Waals surface area contributed by atoms with Crippen molar-refractivity contribution in [2.24, 2.45) is 5.92 Å². The molecule has 2 aromatic carbocycles. The summed E-state index contributed by atoms with van der Waals surface area (Å²) in [5.41, 5.74) is 3.20. The van der Waals surface area contributed by atoms with Crippen LogP contribution >= 0.6 is 0 Å². The molecule has 1 fully saturated rings. The second kappa shape index (κ2) is 7.82. The Labute approximate surface area is 161 Å². The smallest absolute Gasteiger partial charge is 0.255 e. The first-order chi connectivity index (χ1) is 12.8. The van der Waals surface area contributed by atoms with E-state index < -0.39 is 10.0 Å². The number of nitrogens with one attached hydrogen (secondary N) is 1. The third kappa shape index (κ3) is 4.39. The summed E-state index contributed by atoms with van der Waals surface area (Å²) in [7, 11) is -3.48. The van der Waals surface area contributed by atoms with E-state index in [9.17, 15) is 13.2 Å². The number of nitrogens with zero attached hydrogens (tertiary/aromatic N) is 1. The maximum atomic E-state index is 12.8. The van der Waals surface area contributed by atoms with Gasteiger partial charge in [0.15, 0.2) is 0 Å². The lowest BCUT2D eigenvalue weighted by molar-refractivity contribution is 0.102. The molecule has 1 aliphatic heterocycles. The van der Waals surface area contributed by atoms with E-state index in [0.29, 0.717) is 30.3 Å². The average molecular weight is 387 g/mol. The molecule has 0 aromatic heterocycles. The molecule has 144 valence electrons. The Morgan fingerprint density at radius 2 is 1.81 bits per heavy atom. The molecule has 6 heteroatoms. The van der Waals surface area contributed by atoms with Gasteiger partial charge in [0.25, 0.3) is 5.91 Å². The molecule has 0 bridgehead atoms. The number of anilines is 1. The third-order valence-electron chi connectivity index (χ3n) is 5.00. The number of sulfonamides is 1. The van der Waals surface area contributed by atoms with Gasteiger partial charge in [-0.3, -0.25) is 4.79 Å². The lowest BCUT2D eigenvalue weighted by atomic mass is 10.0. The van der Waals surface area contributed by atoms with Gasteiger partial charge in [0.2, 0.25) is 10.0 Å². The highest BCUT2D eigenvalue weighted by Crippen LogP contribution is 2.24. The molecule has 27 heavy (non-hydrogen) atoms. The summed E-state index contributed by atoms with van der Waals surface area (Å²) in [5, 5.41) is 2.84. The van der Waals surface area contributed by atoms with Gasteiger partial charge >= 0.3 is 0 Å². The first-order valence-electron chi connectivity index (χ1n) is 9.26. The fraction of sp³-hybridized carbons (Fsp3) is 0.381. The largest absolute Gasteiger partial charge is 0.322 e. The van der Waals surface area contributed by atoms with Crippen molar-refractivity contribution in [3.05, 3.63) is 59.2 Å². The zero-order chi connectivity index (χ0) is 19.6. The Morgan fingerprint density at radius 1 is 1.11 bits per heavy atom. The van der Waals surface area contributed by atoms with E-state index in [1.165, 1.54) is 0 Å². The minimum absolute atomic E-state index is 0.201. The number of rotatable bonds is 4. The Hall–Kier alpha value is -2.18. The van der Waals surface area contributed by atoms with Crippen molar-refractivity contribution in [3.63, 3.8) is 0 Å². The van der Waals surface area contributed by atoms with Gasteiger partial charge in [-0.05, 0) is 68.5 Å². The van der Waals surface area contributed by atoms with Crippen molar-refractivity contribution < 1.29 is 13.2 Å². The van der Waals surface area contributed by atoms with Crippen LogP contribution < -0.4 is 5.32 Å². The quantitative estimate of drug-likeness (QED) is 0.864.